The van der Waals surface area contributed by atoms with Crippen LogP contribution in [0.4, 0.5) is 5.69 Å². The molecule has 0 saturated heterocycles. The minimum absolute atomic E-state index is 0.120. The molecule has 7 heteroatoms. The van der Waals surface area contributed by atoms with Gasteiger partial charge < -0.3 is 4.74 Å². The summed E-state index contributed by atoms with van der Waals surface area (Å²) in [7, 11) is -2.73. The van der Waals surface area contributed by atoms with E-state index in [0.717, 1.165) is 11.1 Å². The molecule has 1 unspecified atom stereocenters. The summed E-state index contributed by atoms with van der Waals surface area (Å²) >= 11 is 0. The van der Waals surface area contributed by atoms with Crippen LogP contribution in [-0.2, 0) is 25.0 Å². The highest BCUT2D eigenvalue weighted by Crippen LogP contribution is 2.47. The van der Waals surface area contributed by atoms with E-state index in [-0.39, 0.29) is 23.6 Å². The number of carbonyl (C=O) groups excluding carboxylic acids is 2. The topological polar surface area (TPSA) is 80.8 Å². The molecule has 0 aliphatic carbocycles. The Hall–Kier alpha value is -3.45. The van der Waals surface area contributed by atoms with Crippen LogP contribution in [0.5, 0.6) is 0 Å². The van der Waals surface area contributed by atoms with E-state index in [1.54, 1.807) is 72.8 Å². The van der Waals surface area contributed by atoms with E-state index in [1.165, 1.54) is 11.4 Å². The lowest BCUT2D eigenvalue weighted by molar-refractivity contribution is -0.146. The molecule has 0 amide bonds. The van der Waals surface area contributed by atoms with Crippen molar-refractivity contribution in [1.29, 1.82) is 0 Å². The first kappa shape index (κ1) is 22.7. The second-order valence-electron chi connectivity index (χ2n) is 8.39. The third-order valence-corrected chi connectivity index (χ3v) is 7.87. The fourth-order valence-corrected chi connectivity index (χ4v) is 5.85. The number of ketones is 1. The fourth-order valence-electron chi connectivity index (χ4n) is 4.31. The molecule has 33 heavy (non-hydrogen) atoms. The summed E-state index contributed by atoms with van der Waals surface area (Å²) in [5.74, 6) is -0.900. The van der Waals surface area contributed by atoms with Crippen molar-refractivity contribution < 1.29 is 22.7 Å². The number of esters is 1. The van der Waals surface area contributed by atoms with Crippen molar-refractivity contribution in [2.45, 2.75) is 30.6 Å². The zero-order chi connectivity index (χ0) is 23.8. The van der Waals surface area contributed by atoms with Gasteiger partial charge in [0.25, 0.3) is 10.0 Å². The Morgan fingerprint density at radius 2 is 1.58 bits per heavy atom. The van der Waals surface area contributed by atoms with Crippen molar-refractivity contribution in [3.05, 3.63) is 95.1 Å². The van der Waals surface area contributed by atoms with Crippen LogP contribution in [0.1, 0.15) is 33.5 Å². The molecule has 0 saturated carbocycles. The zero-order valence-electron chi connectivity index (χ0n) is 18.7. The summed E-state index contributed by atoms with van der Waals surface area (Å²) < 4.78 is 33.6. The van der Waals surface area contributed by atoms with Gasteiger partial charge in [0.15, 0.2) is 5.78 Å². The Kier molecular flexibility index (Phi) is 5.84. The molecule has 0 N–H and O–H groups in total. The molecule has 0 radical (unpaired) electrons. The van der Waals surface area contributed by atoms with Crippen LogP contribution in [0.25, 0.3) is 0 Å². The van der Waals surface area contributed by atoms with Gasteiger partial charge in [-0.05, 0) is 37.6 Å². The predicted octanol–water partition coefficient (Wildman–Crippen LogP) is 4.20. The Morgan fingerprint density at radius 3 is 2.21 bits per heavy atom. The van der Waals surface area contributed by atoms with Crippen molar-refractivity contribution in [3.63, 3.8) is 0 Å². The first-order chi connectivity index (χ1) is 15.7. The molecule has 4 rings (SSSR count). The summed E-state index contributed by atoms with van der Waals surface area (Å²) in [5.41, 5.74) is 1.64. The van der Waals surface area contributed by atoms with Gasteiger partial charge in [0.1, 0.15) is 5.41 Å². The maximum Gasteiger partial charge on any atom is 0.318 e. The van der Waals surface area contributed by atoms with Crippen LogP contribution in [0.3, 0.4) is 0 Å². The van der Waals surface area contributed by atoms with Crippen molar-refractivity contribution in [3.8, 4) is 0 Å². The predicted molar refractivity (Wildman–Crippen MR) is 126 cm³/mol. The molecular formula is C26H25NO5S. The van der Waals surface area contributed by atoms with E-state index in [9.17, 15) is 18.0 Å². The van der Waals surface area contributed by atoms with Crippen LogP contribution < -0.4 is 4.31 Å². The Morgan fingerprint density at radius 1 is 0.939 bits per heavy atom. The molecule has 1 aliphatic rings. The molecule has 170 valence electrons. The van der Waals surface area contributed by atoms with Gasteiger partial charge in [-0.3, -0.25) is 13.9 Å². The van der Waals surface area contributed by atoms with Gasteiger partial charge in [-0.1, -0.05) is 65.7 Å². The molecule has 1 atom stereocenters. The quantitative estimate of drug-likeness (QED) is 0.404. The van der Waals surface area contributed by atoms with E-state index < -0.39 is 21.4 Å². The monoisotopic (exact) mass is 463 g/mol. The molecule has 3 aromatic carbocycles. The Labute approximate surface area is 193 Å². The number of methoxy groups -OCH3 is 1. The van der Waals surface area contributed by atoms with Crippen molar-refractivity contribution in [2.75, 3.05) is 18.0 Å². The summed E-state index contributed by atoms with van der Waals surface area (Å²) in [6.07, 6.45) is -0.208. The first-order valence-electron chi connectivity index (χ1n) is 10.6. The van der Waals surface area contributed by atoms with Gasteiger partial charge in [0.05, 0.1) is 24.2 Å². The van der Waals surface area contributed by atoms with Gasteiger partial charge >= 0.3 is 5.97 Å². The molecule has 1 aliphatic heterocycles. The lowest BCUT2D eigenvalue weighted by Gasteiger charge is -2.27. The summed E-state index contributed by atoms with van der Waals surface area (Å²) in [6.45, 7) is 3.52. The SMILES string of the molecule is COC(=O)C1(CC(=O)c2ccccc2)CN(S(=O)(=O)c2ccc(C)cc2)c2ccc(C)cc21. The minimum Gasteiger partial charge on any atom is -0.468 e. The molecule has 1 heterocycles. The lowest BCUT2D eigenvalue weighted by Crippen LogP contribution is -2.44. The summed E-state index contributed by atoms with van der Waals surface area (Å²) in [5, 5.41) is 0. The number of anilines is 1. The fraction of sp³-hybridized carbons (Fsp3) is 0.231. The number of benzene rings is 3. The maximum atomic E-state index is 13.6. The van der Waals surface area contributed by atoms with Crippen LogP contribution in [0.2, 0.25) is 0 Å². The third-order valence-electron chi connectivity index (χ3n) is 6.09. The van der Waals surface area contributed by atoms with Crippen LogP contribution >= 0.6 is 0 Å². The van der Waals surface area contributed by atoms with Gasteiger partial charge in [0, 0.05) is 12.0 Å². The van der Waals surface area contributed by atoms with Crippen LogP contribution in [0, 0.1) is 13.8 Å². The van der Waals surface area contributed by atoms with E-state index in [4.69, 9.17) is 4.74 Å². The minimum atomic E-state index is -3.98. The van der Waals surface area contributed by atoms with Crippen LogP contribution in [0.15, 0.2) is 77.7 Å². The standard InChI is InChI=1S/C26H25NO5S/c1-18-9-12-21(13-10-18)33(30,31)27-17-26(25(29)32-3,22-15-19(2)11-14-23(22)27)16-24(28)20-7-5-4-6-8-20/h4-15H,16-17H2,1-3H3. The Bertz CT molecular complexity index is 1320. The number of aryl methyl sites for hydroxylation is 2. The lowest BCUT2D eigenvalue weighted by atomic mass is 9.76. The largest absolute Gasteiger partial charge is 0.468 e. The molecule has 0 aromatic heterocycles. The molecular weight excluding hydrogens is 438 g/mol. The van der Waals surface area contributed by atoms with Crippen molar-refractivity contribution >= 4 is 27.5 Å². The van der Waals surface area contributed by atoms with Gasteiger partial charge in [-0.25, -0.2) is 8.42 Å². The number of ether oxygens (including phenoxy) is 1. The number of nitrogens with zero attached hydrogens (tertiary/aromatic N) is 1. The van der Waals surface area contributed by atoms with E-state index >= 15 is 0 Å². The average molecular weight is 464 g/mol. The summed E-state index contributed by atoms with van der Waals surface area (Å²) in [4.78, 5) is 26.6. The number of sulfonamides is 1. The van der Waals surface area contributed by atoms with Crippen molar-refractivity contribution in [1.82, 2.24) is 0 Å². The van der Waals surface area contributed by atoms with Gasteiger partial charge in [0.2, 0.25) is 0 Å². The number of carbonyl (C=O) groups is 2. The van der Waals surface area contributed by atoms with E-state index in [2.05, 4.69) is 0 Å². The summed E-state index contributed by atoms with van der Waals surface area (Å²) in [6, 6.07) is 20.5. The highest BCUT2D eigenvalue weighted by Gasteiger charge is 2.54. The second-order valence-corrected chi connectivity index (χ2v) is 10.2. The molecule has 0 spiro atoms. The molecule has 6 nitrogen and oxygen atoms in total. The number of Topliss-reactive ketones (excluding diaryl/α,β-unsaturated/α-hetero) is 1. The molecule has 0 bridgehead atoms. The van der Waals surface area contributed by atoms with Gasteiger partial charge in [-0.2, -0.15) is 0 Å². The zero-order valence-corrected chi connectivity index (χ0v) is 19.6. The third kappa shape index (κ3) is 3.93. The number of hydrogen-bond donors (Lipinski definition) is 0. The first-order valence-corrected chi connectivity index (χ1v) is 12.0. The number of fused-ring (bicyclic) bond motifs is 1. The number of rotatable bonds is 6. The average Bonchev–Trinajstić information content (AvgIpc) is 3.14. The second kappa shape index (κ2) is 8.48. The highest BCUT2D eigenvalue weighted by molar-refractivity contribution is 7.92. The van der Waals surface area contributed by atoms with E-state index in [1.807, 2.05) is 13.8 Å². The Balaban J connectivity index is 1.86. The van der Waals surface area contributed by atoms with E-state index in [0.29, 0.717) is 16.8 Å². The molecule has 3 aromatic rings. The number of hydrogen-bond acceptors (Lipinski definition) is 5. The molecule has 0 fully saturated rings. The maximum absolute atomic E-state index is 13.6. The smallest absolute Gasteiger partial charge is 0.318 e. The normalized spacial score (nSPS) is 17.5. The van der Waals surface area contributed by atoms with Gasteiger partial charge in [-0.15, -0.1) is 0 Å². The highest BCUT2D eigenvalue weighted by atomic mass is 32.2. The van der Waals surface area contributed by atoms with Crippen molar-refractivity contribution in [2.24, 2.45) is 0 Å². The van der Waals surface area contributed by atoms with Crippen LogP contribution in [-0.4, -0.2) is 33.8 Å².